The fourth-order valence-corrected chi connectivity index (χ4v) is 8.71. The molecule has 3 heterocycles. The van der Waals surface area contributed by atoms with Crippen LogP contribution in [0.5, 0.6) is 5.75 Å². The summed E-state index contributed by atoms with van der Waals surface area (Å²) in [5, 5.41) is 31.5. The number of fused-ring (bicyclic) bond motifs is 4. The fourth-order valence-electron chi connectivity index (χ4n) is 8.49. The average molecular weight is 859 g/mol. The van der Waals surface area contributed by atoms with E-state index in [1.165, 1.54) is 12.1 Å². The van der Waals surface area contributed by atoms with Gasteiger partial charge in [-0.25, -0.2) is 4.79 Å². The first kappa shape index (κ1) is 40.1. The summed E-state index contributed by atoms with van der Waals surface area (Å²) in [6, 6.07) is 51.5. The lowest BCUT2D eigenvalue weighted by atomic mass is 9.88. The third kappa shape index (κ3) is 7.74. The Labute approximate surface area is 372 Å². The van der Waals surface area contributed by atoms with E-state index in [1.54, 1.807) is 30.3 Å². The maximum Gasteiger partial charge on any atom is 0.336 e. The van der Waals surface area contributed by atoms with Crippen LogP contribution in [0.4, 0.5) is 11.4 Å². The Morgan fingerprint density at radius 2 is 1.17 bits per heavy atom. The number of para-hydroxylation sites is 2. The molecule has 0 unspecified atom stereocenters. The number of anilines is 2. The molecular formula is C54H39ClN4O5. The number of phenolic OH excluding ortho intramolecular Hbond substituents is 1. The largest absolute Gasteiger partial charge is 0.506 e. The molecule has 2 aromatic heterocycles. The monoisotopic (exact) mass is 858 g/mol. The highest BCUT2D eigenvalue weighted by Gasteiger charge is 2.28. The number of rotatable bonds is 12. The number of nitrogens with one attached hydrogen (secondary N) is 2. The van der Waals surface area contributed by atoms with Gasteiger partial charge in [-0.2, -0.15) is 0 Å². The quantitative estimate of drug-likeness (QED) is 0.0885. The zero-order chi connectivity index (χ0) is 43.7. The number of nitrogens with zero attached hydrogens (tertiary/aromatic N) is 2. The Morgan fingerprint density at radius 1 is 0.609 bits per heavy atom. The first-order chi connectivity index (χ1) is 31.3. The average Bonchev–Trinajstić information content (AvgIpc) is 3.31. The number of aromatic nitrogens is 2. The Morgan fingerprint density at radius 3 is 1.77 bits per heavy atom. The molecule has 0 atom stereocenters. The number of halogens is 1. The molecule has 0 fully saturated rings. The van der Waals surface area contributed by atoms with Gasteiger partial charge in [0.1, 0.15) is 17.1 Å². The summed E-state index contributed by atoms with van der Waals surface area (Å²) < 4.78 is 6.83. The van der Waals surface area contributed by atoms with E-state index in [0.29, 0.717) is 46.0 Å². The van der Waals surface area contributed by atoms with Crippen molar-refractivity contribution in [3.63, 3.8) is 0 Å². The van der Waals surface area contributed by atoms with Gasteiger partial charge in [0.15, 0.2) is 5.43 Å². The minimum atomic E-state index is -1.13. The molecule has 6 aromatic carbocycles. The van der Waals surface area contributed by atoms with Crippen molar-refractivity contribution in [2.45, 2.75) is 25.9 Å². The first-order valence-electron chi connectivity index (χ1n) is 20.9. The van der Waals surface area contributed by atoms with Crippen LogP contribution >= 0.6 is 11.6 Å². The van der Waals surface area contributed by atoms with E-state index >= 15 is 0 Å². The molecule has 9 nitrogen and oxygen atoms in total. The molecule has 4 N–H and O–H groups in total. The van der Waals surface area contributed by atoms with Gasteiger partial charge in [-0.3, -0.25) is 14.8 Å². The number of phenols is 1. The van der Waals surface area contributed by atoms with Crippen molar-refractivity contribution < 1.29 is 19.4 Å². The standard InChI is InChI=1S/C54H39ClN4O5/c55-44-29-41-48(38-17-7-8-18-39(38)54(62)63)40-25-26-47(60)42(30-56-45-19-9-15-34-21-23-36(58-49(34)45)27-32-11-3-1-4-12-32)52(40)64-53(41)43(51(44)61)31-57-46-20-10-16-35-22-24-37(59-50(35)46)28-33-13-5-2-6-14-33/h1-26,29,56-57,61H,27-28,30-31H2,(H,62,63). The summed E-state index contributed by atoms with van der Waals surface area (Å²) in [7, 11) is 0. The first-order valence-corrected chi connectivity index (χ1v) is 21.2. The van der Waals surface area contributed by atoms with Crippen LogP contribution in [0.2, 0.25) is 5.02 Å². The summed E-state index contributed by atoms with van der Waals surface area (Å²) in [6.45, 7) is 0.0916. The van der Waals surface area contributed by atoms with E-state index in [-0.39, 0.29) is 46.2 Å². The van der Waals surface area contributed by atoms with E-state index in [4.69, 9.17) is 26.0 Å². The summed E-state index contributed by atoms with van der Waals surface area (Å²) in [5.41, 5.74) is 9.05. The van der Waals surface area contributed by atoms with Crippen molar-refractivity contribution in [2.75, 3.05) is 10.6 Å². The van der Waals surface area contributed by atoms with Crippen LogP contribution in [0.25, 0.3) is 55.2 Å². The van der Waals surface area contributed by atoms with Crippen LogP contribution in [-0.2, 0) is 25.9 Å². The van der Waals surface area contributed by atoms with Crippen molar-refractivity contribution in [2.24, 2.45) is 0 Å². The molecule has 1 aliphatic carbocycles. The molecule has 10 rings (SSSR count). The molecule has 1 aliphatic heterocycles. The second kappa shape index (κ2) is 17.0. The molecule has 0 spiro atoms. The molecular weight excluding hydrogens is 820 g/mol. The maximum atomic E-state index is 14.0. The van der Waals surface area contributed by atoms with Gasteiger partial charge in [0.05, 0.1) is 44.1 Å². The van der Waals surface area contributed by atoms with Crippen LogP contribution in [0.15, 0.2) is 173 Å². The highest BCUT2D eigenvalue weighted by Crippen LogP contribution is 2.47. The smallest absolute Gasteiger partial charge is 0.336 e. The van der Waals surface area contributed by atoms with Crippen molar-refractivity contribution in [3.05, 3.63) is 218 Å². The summed E-state index contributed by atoms with van der Waals surface area (Å²) in [4.78, 5) is 36.9. The number of carboxylic acids is 1. The lowest BCUT2D eigenvalue weighted by Crippen LogP contribution is -2.15. The normalized spacial score (nSPS) is 11.4. The van der Waals surface area contributed by atoms with E-state index in [9.17, 15) is 19.8 Å². The van der Waals surface area contributed by atoms with Gasteiger partial charge in [0.25, 0.3) is 0 Å². The van der Waals surface area contributed by atoms with E-state index < -0.39 is 5.97 Å². The van der Waals surface area contributed by atoms with Crippen LogP contribution in [0, 0.1) is 0 Å². The van der Waals surface area contributed by atoms with Gasteiger partial charge in [-0.15, -0.1) is 0 Å². The highest BCUT2D eigenvalue weighted by atomic mass is 35.5. The van der Waals surface area contributed by atoms with Gasteiger partial charge in [0.2, 0.25) is 0 Å². The Kier molecular flexibility index (Phi) is 10.7. The molecule has 0 amide bonds. The van der Waals surface area contributed by atoms with Gasteiger partial charge < -0.3 is 25.3 Å². The number of pyridine rings is 2. The number of benzene rings is 7. The van der Waals surface area contributed by atoms with Crippen LogP contribution in [0.3, 0.4) is 0 Å². The number of hydrogen-bond donors (Lipinski definition) is 4. The Hall–Kier alpha value is -8.01. The van der Waals surface area contributed by atoms with Gasteiger partial charge >= 0.3 is 5.97 Å². The second-order valence-corrected chi connectivity index (χ2v) is 16.1. The molecule has 312 valence electrons. The molecule has 8 aromatic rings. The molecule has 0 radical (unpaired) electrons. The van der Waals surface area contributed by atoms with Crippen LogP contribution in [0.1, 0.15) is 44.0 Å². The Bertz CT molecular complexity index is 3430. The molecule has 2 aliphatic rings. The predicted molar refractivity (Wildman–Crippen MR) is 255 cm³/mol. The van der Waals surface area contributed by atoms with Gasteiger partial charge in [-0.1, -0.05) is 127 Å². The molecule has 0 saturated carbocycles. The molecule has 64 heavy (non-hydrogen) atoms. The predicted octanol–water partition coefficient (Wildman–Crippen LogP) is 12.1. The number of hydrogen-bond acceptors (Lipinski definition) is 8. The van der Waals surface area contributed by atoms with Crippen LogP contribution in [-0.4, -0.2) is 26.2 Å². The number of aromatic carboxylic acids is 1. The Balaban J connectivity index is 1.09. The summed E-state index contributed by atoms with van der Waals surface area (Å²) >= 11 is 6.84. The van der Waals surface area contributed by atoms with Crippen molar-refractivity contribution in [3.8, 4) is 28.2 Å². The highest BCUT2D eigenvalue weighted by molar-refractivity contribution is 6.33. The number of carboxylic acid groups (broad SMARTS) is 1. The van der Waals surface area contributed by atoms with Crippen LogP contribution < -0.4 is 16.1 Å². The molecule has 10 heteroatoms. The summed E-state index contributed by atoms with van der Waals surface area (Å²) in [5.74, 6) is -1.11. The lowest BCUT2D eigenvalue weighted by Gasteiger charge is -2.21. The zero-order valence-electron chi connectivity index (χ0n) is 34.3. The maximum absolute atomic E-state index is 14.0. The van der Waals surface area contributed by atoms with Crippen molar-refractivity contribution in [1.29, 1.82) is 0 Å². The zero-order valence-corrected chi connectivity index (χ0v) is 35.1. The van der Waals surface area contributed by atoms with Gasteiger partial charge in [-0.05, 0) is 65.2 Å². The van der Waals surface area contributed by atoms with Crippen molar-refractivity contribution >= 4 is 61.7 Å². The third-order valence-corrected chi connectivity index (χ3v) is 11.9. The topological polar surface area (TPSA) is 138 Å². The number of carbonyl (C=O) groups is 1. The number of aromatic hydroxyl groups is 1. The minimum absolute atomic E-state index is 0.0409. The molecule has 0 saturated heterocycles. The minimum Gasteiger partial charge on any atom is -0.506 e. The third-order valence-electron chi connectivity index (χ3n) is 11.6. The summed E-state index contributed by atoms with van der Waals surface area (Å²) in [6.07, 6.45) is 1.31. The van der Waals surface area contributed by atoms with E-state index in [1.807, 2.05) is 97.1 Å². The van der Waals surface area contributed by atoms with Crippen molar-refractivity contribution in [1.82, 2.24) is 9.97 Å². The molecule has 0 bridgehead atoms. The van der Waals surface area contributed by atoms with E-state index in [2.05, 4.69) is 34.9 Å². The van der Waals surface area contributed by atoms with E-state index in [0.717, 1.165) is 55.7 Å². The van der Waals surface area contributed by atoms with Gasteiger partial charge in [0, 0.05) is 64.6 Å². The fraction of sp³-hybridized carbons (Fsp3) is 0.0741. The second-order valence-electron chi connectivity index (χ2n) is 15.7. The lowest BCUT2D eigenvalue weighted by molar-refractivity contribution is 0.0697. The SMILES string of the molecule is O=C(O)c1ccccc1-c1c2ccc(=O)c(CNc3cccc4ccc(Cc5ccccc5)nc34)c-2oc2c(CNc3cccc4ccc(Cc5ccccc5)nc34)c(O)c(Cl)cc12.